The fourth-order valence-electron chi connectivity index (χ4n) is 3.10. The molecule has 0 bridgehead atoms. The minimum Gasteiger partial charge on any atom is -0.493 e. The molecule has 0 spiro atoms. The molecular weight excluding hydrogens is 412 g/mol. The lowest BCUT2D eigenvalue weighted by Gasteiger charge is -2.25. The monoisotopic (exact) mass is 440 g/mol. The fourth-order valence-corrected chi connectivity index (χ4v) is 3.10. The van der Waals surface area contributed by atoms with Crippen molar-refractivity contribution in [1.29, 1.82) is 0 Å². The van der Waals surface area contributed by atoms with Crippen molar-refractivity contribution in [2.75, 3.05) is 51.9 Å². The number of rotatable bonds is 9. The number of nitrogens with zero attached hydrogens (tertiary/aromatic N) is 2. The molecule has 3 rings (SSSR count). The van der Waals surface area contributed by atoms with Gasteiger partial charge in [0.15, 0.2) is 18.1 Å². The van der Waals surface area contributed by atoms with Crippen LogP contribution in [0.4, 0.5) is 5.69 Å². The zero-order valence-electron chi connectivity index (χ0n) is 18.3. The molecule has 1 aliphatic heterocycles. The van der Waals surface area contributed by atoms with Gasteiger partial charge in [0.1, 0.15) is 0 Å². The molecule has 0 radical (unpaired) electrons. The number of anilines is 1. The van der Waals surface area contributed by atoms with E-state index < -0.39 is 0 Å². The normalized spacial score (nSPS) is 14.2. The Labute approximate surface area is 187 Å². The lowest BCUT2D eigenvalue weighted by Crippen LogP contribution is -2.42. The molecule has 1 aliphatic rings. The second-order valence-electron chi connectivity index (χ2n) is 7.24. The number of para-hydroxylation sites is 1. The van der Waals surface area contributed by atoms with E-state index in [0.29, 0.717) is 30.3 Å². The van der Waals surface area contributed by atoms with Crippen LogP contribution in [0.2, 0.25) is 0 Å². The number of ether oxygens (including phenoxy) is 3. The molecule has 2 aromatic rings. The van der Waals surface area contributed by atoms with Crippen LogP contribution in [0, 0.1) is 6.92 Å². The molecule has 2 amide bonds. The van der Waals surface area contributed by atoms with Gasteiger partial charge in [0.25, 0.3) is 11.8 Å². The minimum absolute atomic E-state index is 0.157. The predicted molar refractivity (Wildman–Crippen MR) is 121 cm³/mol. The zero-order valence-corrected chi connectivity index (χ0v) is 18.3. The van der Waals surface area contributed by atoms with Crippen molar-refractivity contribution < 1.29 is 23.8 Å². The largest absolute Gasteiger partial charge is 0.493 e. The Morgan fingerprint density at radius 2 is 1.91 bits per heavy atom. The quantitative estimate of drug-likeness (QED) is 0.456. The fraction of sp³-hybridized carbons (Fsp3) is 0.348. The number of carbonyl (C=O) groups is 2. The first kappa shape index (κ1) is 23.2. The van der Waals surface area contributed by atoms with Crippen molar-refractivity contribution in [2.45, 2.75) is 6.92 Å². The smallest absolute Gasteiger partial charge is 0.262 e. The number of benzene rings is 2. The van der Waals surface area contributed by atoms with Gasteiger partial charge in [-0.3, -0.25) is 14.5 Å². The number of aryl methyl sites for hydroxylation is 1. The maximum absolute atomic E-state index is 12.2. The Bertz CT molecular complexity index is 957. The summed E-state index contributed by atoms with van der Waals surface area (Å²) in [4.78, 5) is 26.2. The number of hydrogen-bond acceptors (Lipinski definition) is 7. The molecule has 2 aromatic carbocycles. The van der Waals surface area contributed by atoms with Crippen molar-refractivity contribution >= 4 is 23.7 Å². The molecular formula is C23H28N4O5. The van der Waals surface area contributed by atoms with E-state index in [1.54, 1.807) is 18.2 Å². The van der Waals surface area contributed by atoms with Crippen LogP contribution in [-0.4, -0.2) is 69.5 Å². The van der Waals surface area contributed by atoms with Gasteiger partial charge in [-0.2, -0.15) is 5.10 Å². The van der Waals surface area contributed by atoms with E-state index in [1.165, 1.54) is 13.3 Å². The molecule has 1 fully saturated rings. The lowest BCUT2D eigenvalue weighted by atomic mass is 10.2. The standard InChI is InChI=1S/C23H28N4O5/c1-17-5-3-4-6-19(17)25-23(29)16-32-20-8-7-18(13-21(20)30-2)14-24-26-22(28)15-27-9-11-31-12-10-27/h3-8,13-14H,9-12,15-16H2,1-2H3,(H,25,29)(H,26,28). The van der Waals surface area contributed by atoms with Crippen molar-refractivity contribution in [3.63, 3.8) is 0 Å². The summed E-state index contributed by atoms with van der Waals surface area (Å²) < 4.78 is 16.2. The molecule has 9 heteroatoms. The number of carbonyl (C=O) groups excluding carboxylic acids is 2. The van der Waals surface area contributed by atoms with Crippen LogP contribution in [0.15, 0.2) is 47.6 Å². The average Bonchev–Trinajstić information content (AvgIpc) is 2.80. The predicted octanol–water partition coefficient (Wildman–Crippen LogP) is 1.80. The van der Waals surface area contributed by atoms with Crippen molar-refractivity contribution in [1.82, 2.24) is 10.3 Å². The topological polar surface area (TPSA) is 101 Å². The van der Waals surface area contributed by atoms with Gasteiger partial charge in [-0.25, -0.2) is 5.43 Å². The second kappa shape index (κ2) is 11.8. The molecule has 170 valence electrons. The van der Waals surface area contributed by atoms with Crippen LogP contribution in [-0.2, 0) is 14.3 Å². The van der Waals surface area contributed by atoms with E-state index >= 15 is 0 Å². The van der Waals surface area contributed by atoms with Gasteiger partial charge in [0.05, 0.1) is 33.1 Å². The minimum atomic E-state index is -0.269. The third-order valence-electron chi connectivity index (χ3n) is 4.84. The van der Waals surface area contributed by atoms with Crippen LogP contribution in [0.3, 0.4) is 0 Å². The number of nitrogens with one attached hydrogen (secondary N) is 2. The highest BCUT2D eigenvalue weighted by molar-refractivity contribution is 5.92. The summed E-state index contributed by atoms with van der Waals surface area (Å²) in [5, 5.41) is 6.82. The van der Waals surface area contributed by atoms with Crippen LogP contribution in [0.5, 0.6) is 11.5 Å². The third kappa shape index (κ3) is 7.07. The van der Waals surface area contributed by atoms with Gasteiger partial charge in [-0.1, -0.05) is 18.2 Å². The van der Waals surface area contributed by atoms with Crippen LogP contribution in [0.1, 0.15) is 11.1 Å². The Morgan fingerprint density at radius 1 is 1.12 bits per heavy atom. The van der Waals surface area contributed by atoms with E-state index in [2.05, 4.69) is 15.8 Å². The molecule has 32 heavy (non-hydrogen) atoms. The lowest BCUT2D eigenvalue weighted by molar-refractivity contribution is -0.123. The molecule has 0 aromatic heterocycles. The Balaban J connectivity index is 1.50. The molecule has 1 saturated heterocycles. The van der Waals surface area contributed by atoms with Gasteiger partial charge >= 0.3 is 0 Å². The number of hydrogen-bond donors (Lipinski definition) is 2. The maximum atomic E-state index is 12.2. The highest BCUT2D eigenvalue weighted by Crippen LogP contribution is 2.27. The Kier molecular flexibility index (Phi) is 8.59. The number of methoxy groups -OCH3 is 1. The molecule has 0 unspecified atom stereocenters. The molecule has 0 aliphatic carbocycles. The number of morpholine rings is 1. The highest BCUT2D eigenvalue weighted by Gasteiger charge is 2.13. The van der Waals surface area contributed by atoms with E-state index in [0.717, 1.165) is 24.3 Å². The van der Waals surface area contributed by atoms with Gasteiger partial charge in [0, 0.05) is 18.8 Å². The molecule has 0 saturated carbocycles. The Morgan fingerprint density at radius 3 is 2.66 bits per heavy atom. The first-order valence-corrected chi connectivity index (χ1v) is 10.3. The molecule has 9 nitrogen and oxygen atoms in total. The van der Waals surface area contributed by atoms with E-state index in [-0.39, 0.29) is 25.0 Å². The second-order valence-corrected chi connectivity index (χ2v) is 7.24. The summed E-state index contributed by atoms with van der Waals surface area (Å²) in [5.41, 5.74) is 4.95. The van der Waals surface area contributed by atoms with Gasteiger partial charge in [-0.05, 0) is 42.3 Å². The van der Waals surface area contributed by atoms with Crippen molar-refractivity contribution in [3.05, 3.63) is 53.6 Å². The van der Waals surface area contributed by atoms with E-state index in [1.807, 2.05) is 36.1 Å². The van der Waals surface area contributed by atoms with Crippen LogP contribution < -0.4 is 20.2 Å². The summed E-state index contributed by atoms with van der Waals surface area (Å²) in [6.45, 7) is 4.79. The summed E-state index contributed by atoms with van der Waals surface area (Å²) in [5.74, 6) is 0.433. The van der Waals surface area contributed by atoms with E-state index in [4.69, 9.17) is 14.2 Å². The average molecular weight is 441 g/mol. The third-order valence-corrected chi connectivity index (χ3v) is 4.84. The van der Waals surface area contributed by atoms with Crippen molar-refractivity contribution in [2.24, 2.45) is 5.10 Å². The summed E-state index contributed by atoms with van der Waals surface area (Å²) in [6.07, 6.45) is 1.52. The van der Waals surface area contributed by atoms with Crippen LogP contribution in [0.25, 0.3) is 0 Å². The summed E-state index contributed by atoms with van der Waals surface area (Å²) in [6, 6.07) is 12.7. The van der Waals surface area contributed by atoms with Crippen LogP contribution >= 0.6 is 0 Å². The zero-order chi connectivity index (χ0) is 22.8. The van der Waals surface area contributed by atoms with Gasteiger partial charge in [-0.15, -0.1) is 0 Å². The first-order chi connectivity index (χ1) is 15.5. The van der Waals surface area contributed by atoms with Gasteiger partial charge in [0.2, 0.25) is 0 Å². The highest BCUT2D eigenvalue weighted by atomic mass is 16.5. The van der Waals surface area contributed by atoms with Crippen molar-refractivity contribution in [3.8, 4) is 11.5 Å². The molecule has 0 atom stereocenters. The summed E-state index contributed by atoms with van der Waals surface area (Å²) in [7, 11) is 1.51. The van der Waals surface area contributed by atoms with E-state index in [9.17, 15) is 9.59 Å². The molecule has 1 heterocycles. The number of amides is 2. The SMILES string of the molecule is COc1cc(C=NNC(=O)CN2CCOCC2)ccc1OCC(=O)Nc1ccccc1C. The first-order valence-electron chi connectivity index (χ1n) is 10.3. The molecule has 2 N–H and O–H groups in total. The number of hydrazone groups is 1. The van der Waals surface area contributed by atoms with Gasteiger partial charge < -0.3 is 19.5 Å². The maximum Gasteiger partial charge on any atom is 0.262 e. The summed E-state index contributed by atoms with van der Waals surface area (Å²) >= 11 is 0. The Hall–Kier alpha value is -3.43.